The minimum atomic E-state index is -0.243. The monoisotopic (exact) mass is 416 g/mol. The maximum absolute atomic E-state index is 12.9. The van der Waals surface area contributed by atoms with Crippen LogP contribution in [-0.2, 0) is 6.54 Å². The molecule has 0 aliphatic carbocycles. The summed E-state index contributed by atoms with van der Waals surface area (Å²) in [5.74, 6) is 1.23. The highest BCUT2D eigenvalue weighted by Gasteiger charge is 2.18. The number of rotatable bonds is 5. The van der Waals surface area contributed by atoms with Gasteiger partial charge in [0, 0.05) is 12.1 Å². The van der Waals surface area contributed by atoms with E-state index in [9.17, 15) is 4.79 Å². The van der Waals surface area contributed by atoms with Crippen LogP contribution in [0.25, 0.3) is 28.2 Å². The molecule has 0 amide bonds. The fourth-order valence-corrected chi connectivity index (χ4v) is 3.25. The van der Waals surface area contributed by atoms with Gasteiger partial charge in [0.25, 0.3) is 0 Å². The first-order valence-electron chi connectivity index (χ1n) is 8.31. The summed E-state index contributed by atoms with van der Waals surface area (Å²) in [7, 11) is 1.61. The second-order valence-corrected chi connectivity index (χ2v) is 6.66. The summed E-state index contributed by atoms with van der Waals surface area (Å²) in [4.78, 5) is 25.0. The van der Waals surface area contributed by atoms with Crippen LogP contribution in [0.4, 0.5) is 0 Å². The van der Waals surface area contributed by atoms with E-state index in [-0.39, 0.29) is 5.69 Å². The van der Waals surface area contributed by atoms with Crippen LogP contribution >= 0.6 is 15.9 Å². The Kier molecular flexibility index (Phi) is 4.23. The Hall–Kier alpha value is -2.68. The van der Waals surface area contributed by atoms with Crippen molar-refractivity contribution in [1.29, 1.82) is 0 Å². The molecule has 1 aromatic carbocycles. The van der Waals surface area contributed by atoms with Crippen LogP contribution in [0.1, 0.15) is 19.8 Å². The van der Waals surface area contributed by atoms with Crippen molar-refractivity contribution in [1.82, 2.24) is 29.1 Å². The Balaban J connectivity index is 1.95. The first-order valence-corrected chi connectivity index (χ1v) is 9.11. The molecule has 1 N–H and O–H groups in total. The zero-order chi connectivity index (χ0) is 18.3. The first-order chi connectivity index (χ1) is 12.6. The molecular formula is C17H17BrN6O2. The molecule has 26 heavy (non-hydrogen) atoms. The molecule has 0 radical (unpaired) electrons. The number of ether oxygens (including phenoxy) is 1. The minimum Gasteiger partial charge on any atom is -0.497 e. The third-order valence-corrected chi connectivity index (χ3v) is 4.61. The lowest BCUT2D eigenvalue weighted by molar-refractivity contribution is 0.415. The molecule has 0 saturated carbocycles. The van der Waals surface area contributed by atoms with Gasteiger partial charge in [0.05, 0.1) is 7.11 Å². The molecule has 134 valence electrons. The summed E-state index contributed by atoms with van der Waals surface area (Å²) in [6.45, 7) is 2.66. The molecule has 8 nitrogen and oxygen atoms in total. The van der Waals surface area contributed by atoms with Gasteiger partial charge in [0.1, 0.15) is 11.3 Å². The zero-order valence-corrected chi connectivity index (χ0v) is 15.9. The van der Waals surface area contributed by atoms with Crippen molar-refractivity contribution >= 4 is 32.7 Å². The highest BCUT2D eigenvalue weighted by atomic mass is 79.9. The van der Waals surface area contributed by atoms with Crippen molar-refractivity contribution in [2.24, 2.45) is 0 Å². The fraction of sp³-hybridized carbons (Fsp3) is 0.294. The number of nitrogens with zero attached hydrogens (tertiary/aromatic N) is 5. The topological polar surface area (TPSA) is 90.1 Å². The van der Waals surface area contributed by atoms with E-state index in [1.54, 1.807) is 11.7 Å². The maximum atomic E-state index is 12.9. The third-order valence-electron chi connectivity index (χ3n) is 4.24. The number of fused-ring (bicyclic) bond motifs is 3. The van der Waals surface area contributed by atoms with Gasteiger partial charge in [-0.1, -0.05) is 13.3 Å². The lowest BCUT2D eigenvalue weighted by Gasteiger charge is -2.05. The van der Waals surface area contributed by atoms with Gasteiger partial charge >= 0.3 is 5.69 Å². The van der Waals surface area contributed by atoms with Crippen molar-refractivity contribution in [3.8, 4) is 17.1 Å². The number of hydrogen-bond donors (Lipinski definition) is 1. The SMILES string of the molecule is CCCCn1c(=O)n2nc(-c3ccc(OC)cc3)nc2c2[nH]c(Br)nc21. The number of imidazole rings is 1. The number of nitrogens with one attached hydrogen (secondary N) is 1. The average Bonchev–Trinajstić information content (AvgIpc) is 3.26. The average molecular weight is 417 g/mol. The number of hydrogen-bond acceptors (Lipinski definition) is 5. The maximum Gasteiger partial charge on any atom is 0.352 e. The molecule has 0 atom stereocenters. The Labute approximate surface area is 157 Å². The molecule has 0 fully saturated rings. The van der Waals surface area contributed by atoms with Crippen LogP contribution < -0.4 is 10.4 Å². The van der Waals surface area contributed by atoms with Crippen LogP contribution in [0.3, 0.4) is 0 Å². The van der Waals surface area contributed by atoms with Crippen LogP contribution in [0.5, 0.6) is 5.75 Å². The fourth-order valence-electron chi connectivity index (χ4n) is 2.88. The van der Waals surface area contributed by atoms with E-state index < -0.39 is 0 Å². The number of H-pyrrole nitrogens is 1. The summed E-state index contributed by atoms with van der Waals surface area (Å²) in [5.41, 5.74) is 2.28. The van der Waals surface area contributed by atoms with Crippen molar-refractivity contribution < 1.29 is 4.74 Å². The first kappa shape index (κ1) is 16.8. The number of halogens is 1. The molecule has 0 saturated heterocycles. The molecule has 0 spiro atoms. The molecule has 0 aliphatic heterocycles. The second kappa shape index (κ2) is 6.56. The van der Waals surface area contributed by atoms with E-state index in [1.165, 1.54) is 4.52 Å². The number of aromatic nitrogens is 6. The number of aromatic amines is 1. The van der Waals surface area contributed by atoms with Crippen LogP contribution in [0, 0.1) is 0 Å². The van der Waals surface area contributed by atoms with Gasteiger partial charge in [-0.05, 0) is 46.6 Å². The summed E-state index contributed by atoms with van der Waals surface area (Å²) in [5, 5.41) is 4.43. The summed E-state index contributed by atoms with van der Waals surface area (Å²) < 4.78 is 8.71. The molecule has 9 heteroatoms. The second-order valence-electron chi connectivity index (χ2n) is 5.91. The largest absolute Gasteiger partial charge is 0.497 e. The molecule has 3 heterocycles. The van der Waals surface area contributed by atoms with Crippen molar-refractivity contribution in [2.45, 2.75) is 26.3 Å². The predicted molar refractivity (Wildman–Crippen MR) is 101 cm³/mol. The molecule has 3 aromatic heterocycles. The van der Waals surface area contributed by atoms with Gasteiger partial charge in [0.15, 0.2) is 21.9 Å². The van der Waals surface area contributed by atoms with Crippen molar-refractivity contribution in [3.05, 3.63) is 39.5 Å². The standard InChI is InChI=1S/C17H17BrN6O2/c1-3-4-9-23-14-12(19-16(18)21-14)15-20-13(22-24(15)17(23)25)10-5-7-11(26-2)8-6-10/h5-8H,3-4,9H2,1-2H3,(H,19,21). The molecule has 4 rings (SSSR count). The zero-order valence-electron chi connectivity index (χ0n) is 14.4. The van der Waals surface area contributed by atoms with Gasteiger partial charge in [-0.25, -0.2) is 14.8 Å². The summed E-state index contributed by atoms with van der Waals surface area (Å²) >= 11 is 3.35. The van der Waals surface area contributed by atoms with E-state index in [0.717, 1.165) is 24.2 Å². The van der Waals surface area contributed by atoms with Gasteiger partial charge in [0.2, 0.25) is 0 Å². The quantitative estimate of drug-likeness (QED) is 0.505. The van der Waals surface area contributed by atoms with Crippen LogP contribution in [-0.4, -0.2) is 36.2 Å². The molecule has 4 aromatic rings. The highest BCUT2D eigenvalue weighted by Crippen LogP contribution is 2.23. The number of aryl methyl sites for hydroxylation is 1. The van der Waals surface area contributed by atoms with Gasteiger partial charge in [-0.3, -0.25) is 4.57 Å². The van der Waals surface area contributed by atoms with Crippen molar-refractivity contribution in [3.63, 3.8) is 0 Å². The van der Waals surface area contributed by atoms with E-state index in [2.05, 4.69) is 42.9 Å². The van der Waals surface area contributed by atoms with Gasteiger partial charge in [-0.2, -0.15) is 4.52 Å². The minimum absolute atomic E-state index is 0.243. The van der Waals surface area contributed by atoms with Gasteiger partial charge in [-0.15, -0.1) is 5.10 Å². The smallest absolute Gasteiger partial charge is 0.352 e. The van der Waals surface area contributed by atoms with E-state index in [0.29, 0.717) is 33.9 Å². The van der Waals surface area contributed by atoms with Gasteiger partial charge < -0.3 is 9.72 Å². The Morgan fingerprint density at radius 1 is 1.19 bits per heavy atom. The Morgan fingerprint density at radius 2 is 1.96 bits per heavy atom. The lowest BCUT2D eigenvalue weighted by Crippen LogP contribution is -2.28. The number of methoxy groups -OCH3 is 1. The highest BCUT2D eigenvalue weighted by molar-refractivity contribution is 9.10. The normalized spacial score (nSPS) is 11.5. The Bertz CT molecular complexity index is 1140. The third kappa shape index (κ3) is 2.68. The molecule has 0 unspecified atom stereocenters. The number of unbranched alkanes of at least 4 members (excludes halogenated alkanes) is 1. The van der Waals surface area contributed by atoms with Crippen molar-refractivity contribution in [2.75, 3.05) is 7.11 Å². The summed E-state index contributed by atoms with van der Waals surface area (Å²) in [6.07, 6.45) is 1.86. The lowest BCUT2D eigenvalue weighted by atomic mass is 10.2. The van der Waals surface area contributed by atoms with E-state index in [4.69, 9.17) is 4.74 Å². The predicted octanol–water partition coefficient (Wildman–Crippen LogP) is 3.01. The summed E-state index contributed by atoms with van der Waals surface area (Å²) in [6, 6.07) is 7.40. The molecular weight excluding hydrogens is 400 g/mol. The van der Waals surface area contributed by atoms with E-state index >= 15 is 0 Å². The van der Waals surface area contributed by atoms with E-state index in [1.807, 2.05) is 24.3 Å². The van der Waals surface area contributed by atoms with Crippen LogP contribution in [0.15, 0.2) is 33.8 Å². The molecule has 0 bridgehead atoms. The Morgan fingerprint density at radius 3 is 2.65 bits per heavy atom. The molecule has 0 aliphatic rings. The van der Waals surface area contributed by atoms with Crippen LogP contribution in [0.2, 0.25) is 0 Å². The number of benzene rings is 1.